The number of nitrogens with one attached hydrogen (secondary N) is 1. The Morgan fingerprint density at radius 2 is 1.89 bits per heavy atom. The van der Waals surface area contributed by atoms with Crippen molar-refractivity contribution in [2.45, 2.75) is 57.6 Å². The Hall–Kier alpha value is -0.540. The van der Waals surface area contributed by atoms with Crippen LogP contribution in [0.5, 0.6) is 5.75 Å². The first kappa shape index (κ1) is 14.9. The molecule has 0 spiro atoms. The molecule has 0 heterocycles. The normalized spacial score (nSPS) is 18.9. The van der Waals surface area contributed by atoms with Gasteiger partial charge >= 0.3 is 0 Å². The molecular formula is C16H24BrNO. The minimum atomic E-state index is 0.364. The molecule has 2 rings (SSSR count). The van der Waals surface area contributed by atoms with Crippen LogP contribution in [0.15, 0.2) is 22.7 Å². The van der Waals surface area contributed by atoms with Gasteiger partial charge in [-0.1, -0.05) is 18.9 Å². The highest BCUT2D eigenvalue weighted by molar-refractivity contribution is 9.10. The first-order valence-corrected chi connectivity index (χ1v) is 8.13. The van der Waals surface area contributed by atoms with Gasteiger partial charge in [0.1, 0.15) is 5.75 Å². The van der Waals surface area contributed by atoms with Crippen LogP contribution in [0, 0.1) is 0 Å². The second-order valence-electron chi connectivity index (χ2n) is 5.43. The average Bonchev–Trinajstić information content (AvgIpc) is 2.68. The summed E-state index contributed by atoms with van der Waals surface area (Å²) in [6.45, 7) is 2.16. The third-order valence-electron chi connectivity index (χ3n) is 3.98. The summed E-state index contributed by atoms with van der Waals surface area (Å²) in [5.41, 5.74) is 1.28. The topological polar surface area (TPSA) is 21.3 Å². The fourth-order valence-electron chi connectivity index (χ4n) is 2.59. The van der Waals surface area contributed by atoms with Gasteiger partial charge in [-0.05, 0) is 73.3 Å². The minimum Gasteiger partial charge on any atom is -0.489 e. The summed E-state index contributed by atoms with van der Waals surface area (Å²) in [5, 5.41) is 3.26. The fourth-order valence-corrected chi connectivity index (χ4v) is 3.08. The van der Waals surface area contributed by atoms with E-state index in [4.69, 9.17) is 4.74 Å². The van der Waals surface area contributed by atoms with E-state index in [1.165, 1.54) is 44.1 Å². The fraction of sp³-hybridized carbons (Fsp3) is 0.625. The number of benzene rings is 1. The van der Waals surface area contributed by atoms with Gasteiger partial charge in [-0.3, -0.25) is 0 Å². The third kappa shape index (κ3) is 4.22. The van der Waals surface area contributed by atoms with Crippen molar-refractivity contribution in [2.75, 3.05) is 7.05 Å². The third-order valence-corrected chi connectivity index (χ3v) is 4.60. The zero-order chi connectivity index (χ0) is 13.7. The molecule has 3 heteroatoms. The van der Waals surface area contributed by atoms with E-state index < -0.39 is 0 Å². The first-order valence-electron chi connectivity index (χ1n) is 7.34. The number of hydrogen-bond donors (Lipinski definition) is 1. The average molecular weight is 326 g/mol. The summed E-state index contributed by atoms with van der Waals surface area (Å²) in [6, 6.07) is 6.77. The van der Waals surface area contributed by atoms with E-state index in [1.54, 1.807) is 0 Å². The van der Waals surface area contributed by atoms with Gasteiger partial charge in [0.05, 0.1) is 10.6 Å². The van der Waals surface area contributed by atoms with E-state index in [0.717, 1.165) is 10.2 Å². The van der Waals surface area contributed by atoms with Crippen LogP contribution in [0.2, 0.25) is 0 Å². The van der Waals surface area contributed by atoms with Crippen LogP contribution in [0.1, 0.15) is 57.1 Å². The monoisotopic (exact) mass is 325 g/mol. The molecule has 1 aliphatic carbocycles. The van der Waals surface area contributed by atoms with Crippen LogP contribution in [-0.4, -0.2) is 13.2 Å². The molecule has 1 unspecified atom stereocenters. The summed E-state index contributed by atoms with van der Waals surface area (Å²) in [7, 11) is 1.98. The van der Waals surface area contributed by atoms with Crippen molar-refractivity contribution in [3.05, 3.63) is 28.2 Å². The summed E-state index contributed by atoms with van der Waals surface area (Å²) >= 11 is 3.64. The molecule has 1 aromatic carbocycles. The first-order chi connectivity index (χ1) is 9.20. The number of ether oxygens (including phenoxy) is 1. The van der Waals surface area contributed by atoms with E-state index in [9.17, 15) is 0 Å². The molecule has 0 bridgehead atoms. The van der Waals surface area contributed by atoms with Crippen LogP contribution in [0.4, 0.5) is 0 Å². The minimum absolute atomic E-state index is 0.364. The van der Waals surface area contributed by atoms with E-state index in [1.807, 2.05) is 7.05 Å². The van der Waals surface area contributed by atoms with Crippen LogP contribution >= 0.6 is 15.9 Å². The van der Waals surface area contributed by atoms with E-state index >= 15 is 0 Å². The molecule has 0 radical (unpaired) electrons. The maximum Gasteiger partial charge on any atom is 0.133 e. The van der Waals surface area contributed by atoms with Crippen molar-refractivity contribution in [3.8, 4) is 5.75 Å². The van der Waals surface area contributed by atoms with Gasteiger partial charge in [-0.25, -0.2) is 0 Å². The molecule has 1 fully saturated rings. The lowest BCUT2D eigenvalue weighted by Crippen LogP contribution is -2.16. The van der Waals surface area contributed by atoms with E-state index in [0.29, 0.717) is 12.1 Å². The maximum atomic E-state index is 6.17. The summed E-state index contributed by atoms with van der Waals surface area (Å²) < 4.78 is 7.23. The molecular weight excluding hydrogens is 302 g/mol. The highest BCUT2D eigenvalue weighted by Gasteiger charge is 2.15. The van der Waals surface area contributed by atoms with Crippen LogP contribution < -0.4 is 10.1 Å². The molecule has 106 valence electrons. The zero-order valence-corrected chi connectivity index (χ0v) is 13.5. The Kier molecular flexibility index (Phi) is 5.71. The van der Waals surface area contributed by atoms with Gasteiger partial charge < -0.3 is 10.1 Å². The van der Waals surface area contributed by atoms with Gasteiger partial charge in [0, 0.05) is 6.04 Å². The van der Waals surface area contributed by atoms with Crippen molar-refractivity contribution in [2.24, 2.45) is 0 Å². The molecule has 1 saturated carbocycles. The lowest BCUT2D eigenvalue weighted by Gasteiger charge is -2.19. The highest BCUT2D eigenvalue weighted by Crippen LogP contribution is 2.31. The second kappa shape index (κ2) is 7.30. The predicted octanol–water partition coefficient (Wildman–Crippen LogP) is 4.83. The molecule has 1 aromatic rings. The molecule has 1 atom stereocenters. The lowest BCUT2D eigenvalue weighted by molar-refractivity contribution is 0.182. The molecule has 2 nitrogen and oxygen atoms in total. The standard InChI is InChI=1S/C16H24BrNO/c1-12(18-2)13-9-10-16(15(17)11-13)19-14-7-5-3-4-6-8-14/h9-12,14,18H,3-8H2,1-2H3. The Bertz CT molecular complexity index is 400. The molecule has 19 heavy (non-hydrogen) atoms. The van der Waals surface area contributed by atoms with Crippen molar-refractivity contribution < 1.29 is 4.74 Å². The summed E-state index contributed by atoms with van der Waals surface area (Å²) in [6.07, 6.45) is 8.11. The van der Waals surface area contributed by atoms with Gasteiger partial charge in [0.25, 0.3) is 0 Å². The summed E-state index contributed by atoms with van der Waals surface area (Å²) in [4.78, 5) is 0. The Labute approximate surface area is 125 Å². The lowest BCUT2D eigenvalue weighted by atomic mass is 10.1. The smallest absolute Gasteiger partial charge is 0.133 e. The largest absolute Gasteiger partial charge is 0.489 e. The van der Waals surface area contributed by atoms with Gasteiger partial charge in [-0.2, -0.15) is 0 Å². The maximum absolute atomic E-state index is 6.17. The van der Waals surface area contributed by atoms with Gasteiger partial charge in [0.2, 0.25) is 0 Å². The van der Waals surface area contributed by atoms with Crippen LogP contribution in [-0.2, 0) is 0 Å². The Morgan fingerprint density at radius 1 is 1.21 bits per heavy atom. The highest BCUT2D eigenvalue weighted by atomic mass is 79.9. The second-order valence-corrected chi connectivity index (χ2v) is 6.29. The molecule has 0 aliphatic heterocycles. The molecule has 0 saturated heterocycles. The van der Waals surface area contributed by atoms with Gasteiger partial charge in [0.15, 0.2) is 0 Å². The van der Waals surface area contributed by atoms with Crippen LogP contribution in [0.25, 0.3) is 0 Å². The predicted molar refractivity (Wildman–Crippen MR) is 83.7 cm³/mol. The molecule has 0 aromatic heterocycles. The van der Waals surface area contributed by atoms with Crippen molar-refractivity contribution in [1.82, 2.24) is 5.32 Å². The Morgan fingerprint density at radius 3 is 2.47 bits per heavy atom. The number of hydrogen-bond acceptors (Lipinski definition) is 2. The van der Waals surface area contributed by atoms with Crippen molar-refractivity contribution in [1.29, 1.82) is 0 Å². The number of halogens is 1. The van der Waals surface area contributed by atoms with E-state index in [2.05, 4.69) is 46.4 Å². The summed E-state index contributed by atoms with van der Waals surface area (Å²) in [5.74, 6) is 0.985. The zero-order valence-electron chi connectivity index (χ0n) is 11.9. The molecule has 0 amide bonds. The molecule has 1 N–H and O–H groups in total. The number of rotatable bonds is 4. The van der Waals surface area contributed by atoms with E-state index in [-0.39, 0.29) is 0 Å². The quantitative estimate of drug-likeness (QED) is 0.800. The van der Waals surface area contributed by atoms with Gasteiger partial charge in [-0.15, -0.1) is 0 Å². The molecule has 1 aliphatic rings. The van der Waals surface area contributed by atoms with Crippen LogP contribution in [0.3, 0.4) is 0 Å². The SMILES string of the molecule is CNC(C)c1ccc(OC2CCCCCC2)c(Br)c1. The van der Waals surface area contributed by atoms with Crippen molar-refractivity contribution >= 4 is 15.9 Å². The van der Waals surface area contributed by atoms with Crippen molar-refractivity contribution in [3.63, 3.8) is 0 Å². The Balaban J connectivity index is 2.03.